The minimum Gasteiger partial charge on any atom is -0.202 e. The summed E-state index contributed by atoms with van der Waals surface area (Å²) in [5.74, 6) is -9.63. The molecule has 0 unspecified atom stereocenters. The normalized spacial score (nSPS) is 12.3. The van der Waals surface area contributed by atoms with Gasteiger partial charge in [-0.3, -0.25) is 0 Å². The summed E-state index contributed by atoms with van der Waals surface area (Å²) >= 11 is -0.540. The van der Waals surface area contributed by atoms with Crippen molar-refractivity contribution in [3.63, 3.8) is 0 Å². The summed E-state index contributed by atoms with van der Waals surface area (Å²) in [6, 6.07) is 28.6. The zero-order valence-electron chi connectivity index (χ0n) is 43.9. The number of thioether (sulfide) groups is 1. The Balaban J connectivity index is 1.30. The second-order valence-electron chi connectivity index (χ2n) is 18.2. The van der Waals surface area contributed by atoms with E-state index >= 15 is 17.6 Å². The van der Waals surface area contributed by atoms with Crippen LogP contribution in [0.2, 0.25) is 0 Å². The number of amides is 1. The summed E-state index contributed by atoms with van der Waals surface area (Å²) in [6.45, 7) is 15.1. The Hall–Kier alpha value is -5.54. The first-order valence-electron chi connectivity index (χ1n) is 25.0. The van der Waals surface area contributed by atoms with Crippen molar-refractivity contribution >= 4 is 71.9 Å². The minimum atomic E-state index is -5.96. The third-order valence-electron chi connectivity index (χ3n) is 11.8. The maximum absolute atomic E-state index is 15.8. The fourth-order valence-electron chi connectivity index (χ4n) is 8.26. The predicted molar refractivity (Wildman–Crippen MR) is 291 cm³/mol. The summed E-state index contributed by atoms with van der Waals surface area (Å²) in [4.78, 5) is 24.1. The van der Waals surface area contributed by atoms with Gasteiger partial charge in [-0.15, -0.1) is 11.8 Å². The molecule has 1 heterocycles. The van der Waals surface area contributed by atoms with E-state index < -0.39 is 82.4 Å². The van der Waals surface area contributed by atoms with Crippen LogP contribution < -0.4 is 62.5 Å². The van der Waals surface area contributed by atoms with Crippen molar-refractivity contribution in [1.82, 2.24) is 9.44 Å². The number of halogens is 6. The Bertz CT molecular complexity index is 3660. The van der Waals surface area contributed by atoms with E-state index in [0.717, 1.165) is 56.3 Å². The molecule has 5 aromatic carbocycles. The second-order valence-corrected chi connectivity index (χ2v) is 28.9. The molecule has 3 N–H and O–H groups in total. The molecular weight excluding hydrogens is 1310 g/mol. The van der Waals surface area contributed by atoms with E-state index in [1.165, 1.54) is 29.5 Å². The number of para-hydroxylation sites is 2. The number of carbonyl (C=O) groups excluding carboxylic acids is 2. The van der Waals surface area contributed by atoms with Gasteiger partial charge in [-0.2, -0.15) is 0 Å². The van der Waals surface area contributed by atoms with E-state index in [1.807, 2.05) is 6.07 Å². The molecule has 0 bridgehead atoms. The molecule has 2 aliphatic rings. The van der Waals surface area contributed by atoms with E-state index in [0.29, 0.717) is 33.3 Å². The van der Waals surface area contributed by atoms with Crippen molar-refractivity contribution < 1.29 is 100 Å². The minimum absolute atomic E-state index is 0.0491. The molecule has 422 valence electrons. The molecule has 5 aromatic rings. The number of hydrogen-bond acceptors (Lipinski definition) is 12. The average molecular weight is 1370 g/mol. The van der Waals surface area contributed by atoms with Gasteiger partial charge in [0.2, 0.25) is 0 Å². The number of ether oxygens (including phenoxy) is 2. The molecular formula is C57H58F4I2N4O9S3-2. The Morgan fingerprint density at radius 2 is 1.41 bits per heavy atom. The van der Waals surface area contributed by atoms with Gasteiger partial charge in [-0.1, -0.05) is 6.58 Å². The molecule has 0 atom stereocenters. The molecule has 79 heavy (non-hydrogen) atoms. The third kappa shape index (κ3) is 14.5. The van der Waals surface area contributed by atoms with E-state index in [9.17, 15) is 26.4 Å². The molecule has 7 rings (SSSR count). The maximum atomic E-state index is 15.8. The van der Waals surface area contributed by atoms with Gasteiger partial charge in [0.25, 0.3) is 10.0 Å². The van der Waals surface area contributed by atoms with Crippen LogP contribution in [-0.2, 0) is 34.3 Å². The predicted octanol–water partition coefficient (Wildman–Crippen LogP) is 6.54. The van der Waals surface area contributed by atoms with Crippen LogP contribution >= 0.6 is 11.8 Å². The number of fused-ring (bicyclic) bond motifs is 2. The molecule has 0 saturated carbocycles. The van der Waals surface area contributed by atoms with E-state index in [4.69, 9.17) is 18.9 Å². The first-order valence-corrected chi connectivity index (χ1v) is 34.2. The first kappa shape index (κ1) is 61.1. The van der Waals surface area contributed by atoms with Crippen LogP contribution in [-0.4, -0.2) is 63.3 Å². The number of anilines is 2. The summed E-state index contributed by atoms with van der Waals surface area (Å²) < 4.78 is 142. The van der Waals surface area contributed by atoms with Crippen LogP contribution in [0, 0.1) is 30.4 Å². The van der Waals surface area contributed by atoms with Gasteiger partial charge in [0.05, 0.1) is 11.4 Å². The molecule has 0 saturated heterocycles. The van der Waals surface area contributed by atoms with Crippen LogP contribution in [0.4, 0.5) is 39.4 Å². The quantitative estimate of drug-likeness (QED) is 0.00689. The van der Waals surface area contributed by atoms with Crippen LogP contribution in [0.5, 0.6) is 0 Å². The number of hydrogen-bond donors (Lipinski definition) is 3. The summed E-state index contributed by atoms with van der Waals surface area (Å²) in [6.07, 6.45) is 1.98. The second kappa shape index (κ2) is 27.3. The number of esters is 1. The number of alkyl carbamates (subject to hydrolysis) is 1. The number of benzene rings is 6. The van der Waals surface area contributed by atoms with Crippen molar-refractivity contribution in [1.29, 1.82) is 0 Å². The third-order valence-corrected chi connectivity index (χ3v) is 23.1. The number of alkyl halides is 2. The average Bonchev–Trinajstić information content (AvgIpc) is 3.60. The number of nitrogens with zero attached hydrogens (tertiary/aromatic N) is 1. The largest absolute Gasteiger partial charge is 0.202 e. The molecule has 1 aliphatic heterocycles. The molecule has 22 heteroatoms. The molecule has 0 fully saturated rings. The molecule has 0 aromatic heterocycles. The van der Waals surface area contributed by atoms with Gasteiger partial charge in [0, 0.05) is 11.8 Å². The topological polar surface area (TPSA) is 182 Å². The smallest absolute Gasteiger partial charge is 0.183 e. The molecule has 0 spiro atoms. The zero-order chi connectivity index (χ0) is 57.2. The molecule has 0 radical (unpaired) electrons. The molecule has 13 nitrogen and oxygen atoms in total. The Morgan fingerprint density at radius 1 is 0.747 bits per heavy atom. The van der Waals surface area contributed by atoms with E-state index in [1.54, 1.807) is 30.3 Å². The van der Waals surface area contributed by atoms with Crippen molar-refractivity contribution in [3.8, 4) is 22.5 Å². The molecule has 1 amide bonds. The van der Waals surface area contributed by atoms with Crippen molar-refractivity contribution in [2.24, 2.45) is 4.99 Å². The standard InChI is InChI=1S/C57H58F4I2N4O9S3/c1-8-25-62-42-18-13-16-37(33(4)5)53(42)65-35-21-23-39-44(31-35)76-45-32-36(66-54-38(34(6)7)17-14-19-43(54)63-26-9-2)22-24-40(45)48(39)41-15-11-12-20-46(41)78(70,71)67-79(72,73)56-51(60)49(58)55(50(59)52(56)61)77-30-29-75-57(69)64-27-28-74-47(68)10-3/h10-24,31-34,65,67H,3,8-9,25-30H2,1-2,4-7H3,(H,64,69)/q-2. The van der Waals surface area contributed by atoms with Crippen molar-refractivity contribution in [2.45, 2.75) is 80.9 Å². The van der Waals surface area contributed by atoms with Crippen LogP contribution in [0.3, 0.4) is 0 Å². The number of rotatable bonds is 24. The van der Waals surface area contributed by atoms with Crippen molar-refractivity contribution in [2.75, 3.05) is 39.7 Å². The van der Waals surface area contributed by atoms with Crippen LogP contribution in [0.15, 0.2) is 134 Å². The van der Waals surface area contributed by atoms with Gasteiger partial charge in [0.1, 0.15) is 13.2 Å². The SMILES string of the molecule is C=CC(=O)OCCNC(=O)OCCSc1c(F)c(F)c(S(=O)(=O)NS(=O)(=O)c2ccccc2-c2c3ccc(=Nc4c([I-]CCC)cccc4C(C)C)cc-3oc3cc(Nc4c([I-]CCC)cccc4C(C)C)ccc23)c(F)c1F. The van der Waals surface area contributed by atoms with Crippen molar-refractivity contribution in [3.05, 3.63) is 157 Å². The van der Waals surface area contributed by atoms with Gasteiger partial charge in [-0.05, 0) is 0 Å². The zero-order valence-corrected chi connectivity index (χ0v) is 50.7. The fraction of sp³-hybridized carbons (Fsp3) is 0.281. The summed E-state index contributed by atoms with van der Waals surface area (Å²) in [5.41, 5.74) is 5.73. The monoisotopic (exact) mass is 1370 g/mol. The Morgan fingerprint density at radius 3 is 2.08 bits per heavy atom. The van der Waals surface area contributed by atoms with Crippen LogP contribution in [0.1, 0.15) is 77.3 Å². The van der Waals surface area contributed by atoms with Crippen LogP contribution in [0.25, 0.3) is 33.4 Å². The number of nitrogens with one attached hydrogen (secondary N) is 3. The molecule has 1 aliphatic carbocycles. The van der Waals surface area contributed by atoms with Gasteiger partial charge in [-0.25, -0.2) is 35.6 Å². The fourth-order valence-corrected chi connectivity index (χ4v) is 17.1. The van der Waals surface area contributed by atoms with Gasteiger partial charge < -0.3 is 14.8 Å². The summed E-state index contributed by atoms with van der Waals surface area (Å²) in [7, 11) is -11.4. The summed E-state index contributed by atoms with van der Waals surface area (Å²) in [5, 5.41) is 6.88. The van der Waals surface area contributed by atoms with E-state index in [2.05, 4.69) is 95.2 Å². The van der Waals surface area contributed by atoms with Gasteiger partial charge >= 0.3 is 343 Å². The first-order chi connectivity index (χ1) is 37.7. The maximum Gasteiger partial charge on any atom is 0.183 e. The van der Waals surface area contributed by atoms with Gasteiger partial charge in [0.15, 0.2) is 28.2 Å². The number of sulfonamides is 2. The van der Waals surface area contributed by atoms with E-state index in [-0.39, 0.29) is 90.3 Å². The Kier molecular flexibility index (Phi) is 21.1. The Labute approximate surface area is 482 Å². The number of carbonyl (C=O) groups is 2.